The monoisotopic (exact) mass is 329 g/mol. The highest BCUT2D eigenvalue weighted by Gasteiger charge is 2.14. The summed E-state index contributed by atoms with van der Waals surface area (Å²) in [7, 11) is 0. The molecule has 3 heterocycles. The largest absolute Gasteiger partial charge is 0.410 e. The van der Waals surface area contributed by atoms with Crippen molar-refractivity contribution >= 4 is 17.2 Å². The minimum Gasteiger partial charge on any atom is -0.410 e. The quantitative estimate of drug-likeness (QED) is 0.343. The SMILES string of the molecule is Nc1nc2ccc(C(=NO)c3ccncc3)cn2c1-c1ccccc1. The Morgan fingerprint density at radius 3 is 2.44 bits per heavy atom. The van der Waals surface area contributed by atoms with Crippen molar-refractivity contribution in [2.45, 2.75) is 0 Å². The summed E-state index contributed by atoms with van der Waals surface area (Å²) in [6.07, 6.45) is 5.18. The summed E-state index contributed by atoms with van der Waals surface area (Å²) in [6, 6.07) is 17.1. The van der Waals surface area contributed by atoms with Crippen LogP contribution in [0.15, 0.2) is 78.3 Å². The molecule has 6 nitrogen and oxygen atoms in total. The van der Waals surface area contributed by atoms with Crippen LogP contribution in [0.2, 0.25) is 0 Å². The van der Waals surface area contributed by atoms with E-state index in [4.69, 9.17) is 5.73 Å². The van der Waals surface area contributed by atoms with Crippen LogP contribution in [0.5, 0.6) is 0 Å². The zero-order valence-corrected chi connectivity index (χ0v) is 13.2. The second-order valence-electron chi connectivity index (χ2n) is 5.54. The molecule has 3 N–H and O–H groups in total. The van der Waals surface area contributed by atoms with Gasteiger partial charge < -0.3 is 10.9 Å². The van der Waals surface area contributed by atoms with E-state index >= 15 is 0 Å². The first kappa shape index (κ1) is 14.9. The van der Waals surface area contributed by atoms with Crippen LogP contribution in [0.1, 0.15) is 11.1 Å². The van der Waals surface area contributed by atoms with Gasteiger partial charge in [-0.25, -0.2) is 4.98 Å². The number of imidazole rings is 1. The number of nitrogens with zero attached hydrogens (tertiary/aromatic N) is 4. The molecule has 25 heavy (non-hydrogen) atoms. The van der Waals surface area contributed by atoms with E-state index in [9.17, 15) is 5.21 Å². The lowest BCUT2D eigenvalue weighted by Gasteiger charge is -2.08. The van der Waals surface area contributed by atoms with Crippen LogP contribution in [0, 0.1) is 0 Å². The van der Waals surface area contributed by atoms with Crippen molar-refractivity contribution in [2.75, 3.05) is 5.73 Å². The molecule has 0 saturated carbocycles. The standard InChI is InChI=1S/C19H15N5O/c20-19-18(14-4-2-1-3-5-14)24-12-15(6-7-16(24)22-19)17(23-25)13-8-10-21-11-9-13/h1-12,25H,20H2. The zero-order chi connectivity index (χ0) is 17.2. The third-order valence-corrected chi connectivity index (χ3v) is 4.02. The van der Waals surface area contributed by atoms with Gasteiger partial charge in [0.25, 0.3) is 0 Å². The second kappa shape index (κ2) is 6.09. The zero-order valence-electron chi connectivity index (χ0n) is 13.2. The van der Waals surface area contributed by atoms with Crippen LogP contribution in [0.3, 0.4) is 0 Å². The lowest BCUT2D eigenvalue weighted by atomic mass is 10.1. The van der Waals surface area contributed by atoms with Crippen molar-refractivity contribution in [1.29, 1.82) is 0 Å². The maximum absolute atomic E-state index is 9.51. The van der Waals surface area contributed by atoms with E-state index in [2.05, 4.69) is 15.1 Å². The Morgan fingerprint density at radius 2 is 1.72 bits per heavy atom. The van der Waals surface area contributed by atoms with Crippen molar-refractivity contribution in [2.24, 2.45) is 5.16 Å². The van der Waals surface area contributed by atoms with Crippen molar-refractivity contribution in [3.8, 4) is 11.3 Å². The minimum atomic E-state index is 0.453. The molecule has 6 heteroatoms. The van der Waals surface area contributed by atoms with Crippen LogP contribution in [0.25, 0.3) is 16.9 Å². The lowest BCUT2D eigenvalue weighted by molar-refractivity contribution is 0.319. The molecule has 0 radical (unpaired) electrons. The molecule has 1 aromatic carbocycles. The molecule has 4 aromatic rings. The summed E-state index contributed by atoms with van der Waals surface area (Å²) >= 11 is 0. The van der Waals surface area contributed by atoms with E-state index in [1.165, 1.54) is 0 Å². The Morgan fingerprint density at radius 1 is 0.960 bits per heavy atom. The Kier molecular flexibility index (Phi) is 3.63. The van der Waals surface area contributed by atoms with Crippen LogP contribution in [-0.4, -0.2) is 25.3 Å². The van der Waals surface area contributed by atoms with Gasteiger partial charge in [-0.1, -0.05) is 35.5 Å². The molecule has 0 atom stereocenters. The number of rotatable bonds is 3. The molecule has 0 aliphatic carbocycles. The minimum absolute atomic E-state index is 0.453. The highest BCUT2D eigenvalue weighted by atomic mass is 16.4. The molecule has 0 aliphatic heterocycles. The van der Waals surface area contributed by atoms with Gasteiger partial charge in [0.05, 0.1) is 5.69 Å². The average Bonchev–Trinajstić information content (AvgIpc) is 2.99. The third kappa shape index (κ3) is 2.59. The molecule has 122 valence electrons. The molecular formula is C19H15N5O. The summed E-state index contributed by atoms with van der Waals surface area (Å²) in [5.74, 6) is 0.453. The van der Waals surface area contributed by atoms with Crippen LogP contribution in [0.4, 0.5) is 5.82 Å². The molecule has 3 aromatic heterocycles. The summed E-state index contributed by atoms with van der Waals surface area (Å²) in [6.45, 7) is 0. The van der Waals surface area contributed by atoms with Gasteiger partial charge in [-0.3, -0.25) is 9.38 Å². The van der Waals surface area contributed by atoms with E-state index in [1.54, 1.807) is 24.5 Å². The number of anilines is 1. The topological polar surface area (TPSA) is 88.8 Å². The van der Waals surface area contributed by atoms with Crippen LogP contribution in [-0.2, 0) is 0 Å². The van der Waals surface area contributed by atoms with Gasteiger partial charge in [-0.2, -0.15) is 0 Å². The Hall–Kier alpha value is -3.67. The van der Waals surface area contributed by atoms with Gasteiger partial charge >= 0.3 is 0 Å². The molecule has 0 amide bonds. The predicted octanol–water partition coefficient (Wildman–Crippen LogP) is 3.21. The van der Waals surface area contributed by atoms with Gasteiger partial charge in [0.2, 0.25) is 0 Å². The molecule has 0 bridgehead atoms. The van der Waals surface area contributed by atoms with E-state index in [1.807, 2.05) is 53.1 Å². The van der Waals surface area contributed by atoms with E-state index in [0.29, 0.717) is 11.5 Å². The fourth-order valence-corrected chi connectivity index (χ4v) is 2.88. The second-order valence-corrected chi connectivity index (χ2v) is 5.54. The Labute approximate surface area is 143 Å². The van der Waals surface area contributed by atoms with Crippen molar-refractivity contribution < 1.29 is 5.21 Å². The molecule has 0 saturated heterocycles. The van der Waals surface area contributed by atoms with Gasteiger partial charge in [-0.15, -0.1) is 0 Å². The number of aromatic nitrogens is 3. The van der Waals surface area contributed by atoms with Crippen molar-refractivity contribution in [1.82, 2.24) is 14.4 Å². The highest BCUT2D eigenvalue weighted by molar-refractivity contribution is 6.12. The number of benzene rings is 1. The first-order valence-corrected chi connectivity index (χ1v) is 7.74. The third-order valence-electron chi connectivity index (χ3n) is 4.02. The summed E-state index contributed by atoms with van der Waals surface area (Å²) in [5, 5.41) is 13.0. The van der Waals surface area contributed by atoms with Crippen LogP contribution < -0.4 is 5.73 Å². The molecule has 4 rings (SSSR count). The molecular weight excluding hydrogens is 314 g/mol. The number of hydrogen-bond acceptors (Lipinski definition) is 5. The molecule has 0 unspecified atom stereocenters. The number of nitrogen functional groups attached to an aromatic ring is 1. The van der Waals surface area contributed by atoms with Gasteiger partial charge in [0.15, 0.2) is 5.82 Å². The fourth-order valence-electron chi connectivity index (χ4n) is 2.88. The van der Waals surface area contributed by atoms with E-state index in [0.717, 1.165) is 28.0 Å². The van der Waals surface area contributed by atoms with Gasteiger partial charge in [0.1, 0.15) is 11.4 Å². The number of oxime groups is 1. The smallest absolute Gasteiger partial charge is 0.150 e. The average molecular weight is 329 g/mol. The molecule has 0 spiro atoms. The van der Waals surface area contributed by atoms with Crippen LogP contribution >= 0.6 is 0 Å². The number of fused-ring (bicyclic) bond motifs is 1. The van der Waals surface area contributed by atoms with Crippen molar-refractivity contribution in [3.05, 3.63) is 84.3 Å². The lowest BCUT2D eigenvalue weighted by Crippen LogP contribution is -2.05. The highest BCUT2D eigenvalue weighted by Crippen LogP contribution is 2.27. The predicted molar refractivity (Wildman–Crippen MR) is 96.7 cm³/mol. The first-order chi connectivity index (χ1) is 12.3. The Balaban J connectivity index is 1.91. The van der Waals surface area contributed by atoms with Gasteiger partial charge in [0, 0.05) is 35.3 Å². The normalized spacial score (nSPS) is 11.8. The summed E-state index contributed by atoms with van der Waals surface area (Å²) in [4.78, 5) is 8.41. The number of hydrogen-bond donors (Lipinski definition) is 2. The fraction of sp³-hybridized carbons (Fsp3) is 0. The summed E-state index contributed by atoms with van der Waals surface area (Å²) in [5.41, 5.74) is 10.6. The number of pyridine rings is 2. The van der Waals surface area contributed by atoms with E-state index in [-0.39, 0.29) is 0 Å². The Bertz CT molecular complexity index is 1060. The van der Waals surface area contributed by atoms with Crippen molar-refractivity contribution in [3.63, 3.8) is 0 Å². The van der Waals surface area contributed by atoms with E-state index < -0.39 is 0 Å². The maximum Gasteiger partial charge on any atom is 0.150 e. The summed E-state index contributed by atoms with van der Waals surface area (Å²) < 4.78 is 1.91. The van der Waals surface area contributed by atoms with Gasteiger partial charge in [-0.05, 0) is 24.3 Å². The maximum atomic E-state index is 9.51. The first-order valence-electron chi connectivity index (χ1n) is 7.74. The number of nitrogens with two attached hydrogens (primary N) is 1. The molecule has 0 fully saturated rings. The molecule has 0 aliphatic rings.